The predicted molar refractivity (Wildman–Crippen MR) is 92.9 cm³/mol. The van der Waals surface area contributed by atoms with Crippen LogP contribution in [0.1, 0.15) is 23.4 Å². The van der Waals surface area contributed by atoms with E-state index in [0.29, 0.717) is 22.7 Å². The lowest BCUT2D eigenvalue weighted by Crippen LogP contribution is -2.32. The highest BCUT2D eigenvalue weighted by atomic mass is 35.5. The number of nitrogens with zero attached hydrogens (tertiary/aromatic N) is 1. The number of carbonyl (C=O) groups is 1. The fraction of sp³-hybridized carbons (Fsp3) is 0.176. The fourth-order valence-electron chi connectivity index (χ4n) is 2.54. The van der Waals surface area contributed by atoms with Crippen LogP contribution in [0, 0.1) is 5.82 Å². The molecule has 7 heteroatoms. The maximum atomic E-state index is 13.4. The highest BCUT2D eigenvalue weighted by molar-refractivity contribution is 7.12. The molecular formula is C17H14ClFN2O2S. The second kappa shape index (κ2) is 6.75. The van der Waals surface area contributed by atoms with Crippen LogP contribution in [-0.4, -0.2) is 18.9 Å². The van der Waals surface area contributed by atoms with Crippen LogP contribution >= 0.6 is 22.9 Å². The number of rotatable bonds is 3. The Bertz CT molecular complexity index is 846. The second-order valence-electron chi connectivity index (χ2n) is 5.18. The molecule has 0 bridgehead atoms. The molecule has 1 unspecified atom stereocenters. The number of benzene rings is 1. The molecule has 0 spiro atoms. The van der Waals surface area contributed by atoms with Gasteiger partial charge in [-0.3, -0.25) is 4.99 Å². The Morgan fingerprint density at radius 3 is 2.83 bits per heavy atom. The predicted octanol–water partition coefficient (Wildman–Crippen LogP) is 4.08. The molecule has 2 heterocycles. The topological polar surface area (TPSA) is 50.7 Å². The van der Waals surface area contributed by atoms with Gasteiger partial charge < -0.3 is 10.1 Å². The van der Waals surface area contributed by atoms with Crippen molar-refractivity contribution in [2.75, 3.05) is 7.11 Å². The van der Waals surface area contributed by atoms with Gasteiger partial charge in [0.25, 0.3) is 0 Å². The van der Waals surface area contributed by atoms with Gasteiger partial charge in [-0.1, -0.05) is 23.7 Å². The normalized spacial score (nSPS) is 17.3. The summed E-state index contributed by atoms with van der Waals surface area (Å²) in [7, 11) is 1.31. The molecule has 1 aliphatic heterocycles. The zero-order valence-corrected chi connectivity index (χ0v) is 14.5. The molecule has 0 fully saturated rings. The Morgan fingerprint density at radius 1 is 1.42 bits per heavy atom. The van der Waals surface area contributed by atoms with E-state index in [1.165, 1.54) is 30.6 Å². The minimum Gasteiger partial charge on any atom is -0.466 e. The van der Waals surface area contributed by atoms with Crippen LogP contribution in [0.15, 0.2) is 52.0 Å². The van der Waals surface area contributed by atoms with Crippen molar-refractivity contribution >= 4 is 34.7 Å². The molecule has 1 N–H and O–H groups in total. The molecule has 2 aromatic rings. The van der Waals surface area contributed by atoms with Gasteiger partial charge >= 0.3 is 5.97 Å². The lowest BCUT2D eigenvalue weighted by Gasteiger charge is -2.26. The van der Waals surface area contributed by atoms with E-state index in [9.17, 15) is 9.18 Å². The first-order valence-electron chi connectivity index (χ1n) is 7.14. The standard InChI is InChI=1S/C17H14ClFN2O2S/c1-9-14(17(22)23-2)15(11-6-5-10(19)8-12(11)18)21-16(20-9)13-4-3-7-24-13/h3-8,15H,1-2H3,(H,20,21). The van der Waals surface area contributed by atoms with Crippen LogP contribution in [-0.2, 0) is 9.53 Å². The van der Waals surface area contributed by atoms with Gasteiger partial charge in [0, 0.05) is 16.3 Å². The zero-order chi connectivity index (χ0) is 17.3. The van der Waals surface area contributed by atoms with Crippen LogP contribution in [0.3, 0.4) is 0 Å². The Morgan fingerprint density at radius 2 is 2.21 bits per heavy atom. The number of aliphatic imine (C=N–C) groups is 1. The van der Waals surface area contributed by atoms with E-state index in [-0.39, 0.29) is 5.02 Å². The number of hydrogen-bond donors (Lipinski definition) is 1. The van der Waals surface area contributed by atoms with Crippen LogP contribution in [0.25, 0.3) is 0 Å². The summed E-state index contributed by atoms with van der Waals surface area (Å²) < 4.78 is 18.3. The van der Waals surface area contributed by atoms with E-state index in [1.807, 2.05) is 17.5 Å². The van der Waals surface area contributed by atoms with E-state index >= 15 is 0 Å². The molecule has 1 aromatic heterocycles. The van der Waals surface area contributed by atoms with Gasteiger partial charge in [0.15, 0.2) is 0 Å². The summed E-state index contributed by atoms with van der Waals surface area (Å²) in [6, 6.07) is 7.23. The van der Waals surface area contributed by atoms with Crippen molar-refractivity contribution < 1.29 is 13.9 Å². The molecule has 1 atom stereocenters. The first-order valence-corrected chi connectivity index (χ1v) is 8.39. The van der Waals surface area contributed by atoms with E-state index in [1.54, 1.807) is 13.0 Å². The van der Waals surface area contributed by atoms with Gasteiger partial charge in [-0.15, -0.1) is 11.3 Å². The van der Waals surface area contributed by atoms with Gasteiger partial charge in [-0.2, -0.15) is 0 Å². The minimum atomic E-state index is -0.663. The summed E-state index contributed by atoms with van der Waals surface area (Å²) >= 11 is 7.72. The first-order chi connectivity index (χ1) is 11.5. The van der Waals surface area contributed by atoms with Crippen LogP contribution in [0.4, 0.5) is 4.39 Å². The molecule has 3 rings (SSSR count). The molecule has 4 nitrogen and oxygen atoms in total. The largest absolute Gasteiger partial charge is 0.466 e. The molecule has 0 saturated heterocycles. The number of thiophene rings is 1. The Labute approximate surface area is 147 Å². The molecule has 124 valence electrons. The lowest BCUT2D eigenvalue weighted by molar-refractivity contribution is -0.136. The van der Waals surface area contributed by atoms with Crippen molar-refractivity contribution in [1.29, 1.82) is 0 Å². The average Bonchev–Trinajstić information content (AvgIpc) is 3.08. The molecule has 24 heavy (non-hydrogen) atoms. The third-order valence-corrected chi connectivity index (χ3v) is 4.86. The molecule has 1 aliphatic rings. The Kier molecular flexibility index (Phi) is 4.69. The van der Waals surface area contributed by atoms with Crippen LogP contribution < -0.4 is 5.32 Å². The minimum absolute atomic E-state index is 0.213. The van der Waals surface area contributed by atoms with Crippen molar-refractivity contribution in [1.82, 2.24) is 5.32 Å². The molecule has 0 radical (unpaired) electrons. The second-order valence-corrected chi connectivity index (χ2v) is 6.53. The average molecular weight is 365 g/mol. The van der Waals surface area contributed by atoms with Crippen molar-refractivity contribution in [2.45, 2.75) is 13.0 Å². The Hall–Kier alpha value is -2.18. The summed E-state index contributed by atoms with van der Waals surface area (Å²) in [4.78, 5) is 17.8. The molecule has 0 aliphatic carbocycles. The number of allylic oxidation sites excluding steroid dienone is 1. The van der Waals surface area contributed by atoms with E-state index < -0.39 is 17.8 Å². The number of hydrogen-bond acceptors (Lipinski definition) is 5. The Balaban J connectivity index is 2.14. The van der Waals surface area contributed by atoms with Gasteiger partial charge in [0.1, 0.15) is 17.7 Å². The van der Waals surface area contributed by atoms with E-state index in [4.69, 9.17) is 16.3 Å². The number of amidine groups is 1. The molecule has 0 saturated carbocycles. The summed E-state index contributed by atoms with van der Waals surface area (Å²) in [5.74, 6) is -0.305. The molecular weight excluding hydrogens is 351 g/mol. The van der Waals surface area contributed by atoms with Gasteiger partial charge in [-0.05, 0) is 30.5 Å². The van der Waals surface area contributed by atoms with Crippen LogP contribution in [0.2, 0.25) is 5.02 Å². The number of carbonyl (C=O) groups excluding carboxylic acids is 1. The maximum Gasteiger partial charge on any atom is 0.338 e. The van der Waals surface area contributed by atoms with Crippen molar-refractivity contribution in [3.8, 4) is 0 Å². The van der Waals surface area contributed by atoms with Gasteiger partial charge in [-0.25, -0.2) is 9.18 Å². The molecule has 0 amide bonds. The fourth-order valence-corrected chi connectivity index (χ4v) is 3.48. The van der Waals surface area contributed by atoms with Crippen molar-refractivity contribution in [3.05, 3.63) is 68.3 Å². The maximum absolute atomic E-state index is 13.4. The highest BCUT2D eigenvalue weighted by Crippen LogP contribution is 2.36. The summed E-state index contributed by atoms with van der Waals surface area (Å²) in [6.45, 7) is 1.78. The lowest BCUT2D eigenvalue weighted by atomic mass is 9.96. The third kappa shape index (κ3) is 3.07. The van der Waals surface area contributed by atoms with E-state index in [2.05, 4.69) is 10.3 Å². The highest BCUT2D eigenvalue weighted by Gasteiger charge is 2.31. The third-order valence-electron chi connectivity index (χ3n) is 3.66. The number of methoxy groups -OCH3 is 1. The number of halogens is 2. The summed E-state index contributed by atoms with van der Waals surface area (Å²) in [5.41, 5.74) is 1.53. The van der Waals surface area contributed by atoms with Gasteiger partial charge in [0.2, 0.25) is 0 Å². The smallest absolute Gasteiger partial charge is 0.338 e. The monoisotopic (exact) mass is 364 g/mol. The first kappa shape index (κ1) is 16.7. The summed E-state index contributed by atoms with van der Waals surface area (Å²) in [5, 5.41) is 5.29. The van der Waals surface area contributed by atoms with Crippen molar-refractivity contribution in [3.63, 3.8) is 0 Å². The SMILES string of the molecule is COC(=O)C1=C(C)NC(c2cccs2)=NC1c1ccc(F)cc1Cl. The summed E-state index contributed by atoms with van der Waals surface area (Å²) in [6.07, 6.45) is 0. The molecule has 1 aromatic carbocycles. The number of nitrogens with one attached hydrogen (secondary N) is 1. The van der Waals surface area contributed by atoms with Gasteiger partial charge in [0.05, 0.1) is 17.6 Å². The number of esters is 1. The zero-order valence-electron chi connectivity index (χ0n) is 13.0. The number of ether oxygens (including phenoxy) is 1. The van der Waals surface area contributed by atoms with Crippen LogP contribution in [0.5, 0.6) is 0 Å². The van der Waals surface area contributed by atoms with E-state index in [0.717, 1.165) is 4.88 Å². The van der Waals surface area contributed by atoms with Crippen molar-refractivity contribution in [2.24, 2.45) is 4.99 Å². The quantitative estimate of drug-likeness (QED) is 0.835.